The molecule has 4 atom stereocenters. The van der Waals surface area contributed by atoms with Crippen molar-refractivity contribution in [3.8, 4) is 5.75 Å². The minimum Gasteiger partial charge on any atom is -0.410 e. The quantitative estimate of drug-likeness (QED) is 0.416. The van der Waals surface area contributed by atoms with Crippen LogP contribution in [-0.2, 0) is 20.7 Å². The first-order chi connectivity index (χ1) is 17.4. The summed E-state index contributed by atoms with van der Waals surface area (Å²) in [5.41, 5.74) is 2.63. The molecule has 36 heavy (non-hydrogen) atoms. The lowest BCUT2D eigenvalue weighted by Gasteiger charge is -2.48. The lowest BCUT2D eigenvalue weighted by Crippen LogP contribution is -2.47. The van der Waals surface area contributed by atoms with Gasteiger partial charge in [0.05, 0.1) is 6.61 Å². The molecule has 1 aromatic rings. The summed E-state index contributed by atoms with van der Waals surface area (Å²) in [5, 5.41) is 0. The number of rotatable bonds is 7. The Morgan fingerprint density at radius 1 is 1.17 bits per heavy atom. The second-order valence-electron chi connectivity index (χ2n) is 11.5. The summed E-state index contributed by atoms with van der Waals surface area (Å²) in [6, 6.07) is 6.63. The SMILES string of the molecule is CN(CCOCC=O)C1CCN(C(=O)Oc2ccc3c(c2)CCC2C3CCC3(C)C(=O)CCC23)CC1. The molecule has 196 valence electrons. The van der Waals surface area contributed by atoms with Crippen molar-refractivity contribution in [3.63, 3.8) is 0 Å². The summed E-state index contributed by atoms with van der Waals surface area (Å²) in [6.07, 6.45) is 8.33. The number of hydrogen-bond acceptors (Lipinski definition) is 6. The van der Waals surface area contributed by atoms with Gasteiger partial charge in [0.2, 0.25) is 0 Å². The van der Waals surface area contributed by atoms with Crippen molar-refractivity contribution < 1.29 is 23.9 Å². The van der Waals surface area contributed by atoms with E-state index in [2.05, 4.69) is 31.0 Å². The number of likely N-dealkylation sites (N-methyl/N-ethyl adjacent to an activating group) is 1. The number of hydrogen-bond donors (Lipinski definition) is 0. The summed E-state index contributed by atoms with van der Waals surface area (Å²) < 4.78 is 11.1. The number of fused-ring (bicyclic) bond motifs is 5. The van der Waals surface area contributed by atoms with Crippen LogP contribution in [0.4, 0.5) is 4.79 Å². The van der Waals surface area contributed by atoms with Crippen molar-refractivity contribution in [2.75, 3.05) is 39.9 Å². The Hall–Kier alpha value is -2.25. The smallest absolute Gasteiger partial charge is 0.410 e. The van der Waals surface area contributed by atoms with Gasteiger partial charge in [0, 0.05) is 37.5 Å². The number of aldehydes is 1. The Morgan fingerprint density at radius 2 is 1.97 bits per heavy atom. The molecule has 3 fully saturated rings. The van der Waals surface area contributed by atoms with E-state index in [1.54, 1.807) is 0 Å². The van der Waals surface area contributed by atoms with Crippen LogP contribution in [0.25, 0.3) is 0 Å². The van der Waals surface area contributed by atoms with Gasteiger partial charge in [0.15, 0.2) is 0 Å². The monoisotopic (exact) mass is 496 g/mol. The maximum Gasteiger partial charge on any atom is 0.415 e. The third-order valence-corrected chi connectivity index (χ3v) is 9.73. The molecule has 0 bridgehead atoms. The average Bonchev–Trinajstić information content (AvgIpc) is 3.20. The van der Waals surface area contributed by atoms with Crippen LogP contribution in [0, 0.1) is 17.3 Å². The van der Waals surface area contributed by atoms with Gasteiger partial charge in [-0.25, -0.2) is 4.79 Å². The number of carbonyl (C=O) groups excluding carboxylic acids is 3. The fourth-order valence-electron chi connectivity index (χ4n) is 7.57. The lowest BCUT2D eigenvalue weighted by molar-refractivity contribution is -0.129. The van der Waals surface area contributed by atoms with Gasteiger partial charge in [0.25, 0.3) is 0 Å². The largest absolute Gasteiger partial charge is 0.415 e. The number of likely N-dealkylation sites (tertiary alicyclic amines) is 1. The molecule has 5 rings (SSSR count). The van der Waals surface area contributed by atoms with Crippen molar-refractivity contribution >= 4 is 18.2 Å². The average molecular weight is 497 g/mol. The van der Waals surface area contributed by atoms with Gasteiger partial charge in [-0.1, -0.05) is 13.0 Å². The van der Waals surface area contributed by atoms with Crippen LogP contribution in [0.5, 0.6) is 5.75 Å². The molecule has 1 heterocycles. The Bertz CT molecular complexity index is 988. The first-order valence-electron chi connectivity index (χ1n) is 13.7. The van der Waals surface area contributed by atoms with Gasteiger partial charge < -0.3 is 24.1 Å². The third kappa shape index (κ3) is 4.84. The highest BCUT2D eigenvalue weighted by Gasteiger charge is 2.54. The highest BCUT2D eigenvalue weighted by Crippen LogP contribution is 2.59. The standard InChI is InChI=1S/C29H40N2O5/c1-29-12-9-24-23-6-4-22(19-20(23)3-5-25(24)26(29)7-8-27(29)33)36-28(34)31-13-10-21(11-14-31)30(2)15-17-35-18-16-32/h4,6,16,19,21,24-26H,3,5,7-15,17-18H2,1-2H3. The first-order valence-corrected chi connectivity index (χ1v) is 13.7. The van der Waals surface area contributed by atoms with Crippen molar-refractivity contribution in [2.24, 2.45) is 17.3 Å². The van der Waals surface area contributed by atoms with Crippen molar-refractivity contribution in [3.05, 3.63) is 29.3 Å². The predicted molar refractivity (Wildman–Crippen MR) is 136 cm³/mol. The minimum absolute atomic E-state index is 0.0967. The van der Waals surface area contributed by atoms with Crippen molar-refractivity contribution in [2.45, 2.75) is 70.3 Å². The van der Waals surface area contributed by atoms with E-state index in [1.807, 2.05) is 11.0 Å². The van der Waals surface area contributed by atoms with Gasteiger partial charge in [0.1, 0.15) is 24.4 Å². The highest BCUT2D eigenvalue weighted by molar-refractivity contribution is 5.87. The van der Waals surface area contributed by atoms with E-state index in [-0.39, 0.29) is 18.1 Å². The maximum atomic E-state index is 12.9. The number of aryl methyl sites for hydroxylation is 1. The van der Waals surface area contributed by atoms with Crippen LogP contribution in [0.2, 0.25) is 0 Å². The second kappa shape index (κ2) is 10.6. The first kappa shape index (κ1) is 25.4. The predicted octanol–water partition coefficient (Wildman–Crippen LogP) is 4.22. The topological polar surface area (TPSA) is 76.2 Å². The molecule has 0 N–H and O–H groups in total. The fraction of sp³-hybridized carbons (Fsp3) is 0.690. The van der Waals surface area contributed by atoms with Crippen LogP contribution in [0.1, 0.15) is 68.9 Å². The number of carbonyl (C=O) groups is 3. The third-order valence-electron chi connectivity index (χ3n) is 9.73. The molecule has 7 heteroatoms. The number of Topliss-reactive ketones (excluding diaryl/α,β-unsaturated/α-hetero) is 1. The van der Waals surface area contributed by atoms with Gasteiger partial charge in [-0.15, -0.1) is 0 Å². The van der Waals surface area contributed by atoms with E-state index in [4.69, 9.17) is 9.47 Å². The minimum atomic E-state index is -0.267. The van der Waals surface area contributed by atoms with Gasteiger partial charge in [-0.3, -0.25) is 4.79 Å². The molecule has 7 nitrogen and oxygen atoms in total. The molecular formula is C29H40N2O5. The number of amides is 1. The highest BCUT2D eigenvalue weighted by atomic mass is 16.6. The molecular weight excluding hydrogens is 456 g/mol. The molecule has 0 aromatic heterocycles. The van der Waals surface area contributed by atoms with Crippen LogP contribution < -0.4 is 4.74 Å². The molecule has 0 spiro atoms. The van der Waals surface area contributed by atoms with Crippen LogP contribution >= 0.6 is 0 Å². The van der Waals surface area contributed by atoms with Crippen molar-refractivity contribution in [1.29, 1.82) is 0 Å². The summed E-state index contributed by atoms with van der Waals surface area (Å²) in [5.74, 6) is 2.79. The van der Waals surface area contributed by atoms with Gasteiger partial charge in [-0.2, -0.15) is 0 Å². The van der Waals surface area contributed by atoms with Gasteiger partial charge in [-0.05, 0) is 93.0 Å². The van der Waals surface area contributed by atoms with Gasteiger partial charge >= 0.3 is 6.09 Å². The molecule has 1 aliphatic heterocycles. The molecule has 3 aliphatic carbocycles. The number of nitrogens with zero attached hydrogens (tertiary/aromatic N) is 2. The van der Waals surface area contributed by atoms with E-state index in [0.717, 1.165) is 64.2 Å². The van der Waals surface area contributed by atoms with E-state index in [9.17, 15) is 14.4 Å². The number of ketones is 1. The lowest BCUT2D eigenvalue weighted by atomic mass is 9.55. The Kier molecular flexibility index (Phi) is 7.49. The fourth-order valence-corrected chi connectivity index (χ4v) is 7.57. The zero-order chi connectivity index (χ0) is 25.3. The summed E-state index contributed by atoms with van der Waals surface area (Å²) >= 11 is 0. The van der Waals surface area contributed by atoms with Crippen LogP contribution in [-0.4, -0.2) is 73.9 Å². The Morgan fingerprint density at radius 3 is 2.75 bits per heavy atom. The Labute approximate surface area is 214 Å². The van der Waals surface area contributed by atoms with E-state index in [1.165, 1.54) is 11.1 Å². The molecule has 4 unspecified atom stereocenters. The van der Waals surface area contributed by atoms with E-state index >= 15 is 0 Å². The Balaban J connectivity index is 1.15. The number of benzene rings is 1. The van der Waals surface area contributed by atoms with Crippen LogP contribution in [0.3, 0.4) is 0 Å². The van der Waals surface area contributed by atoms with E-state index in [0.29, 0.717) is 55.0 Å². The summed E-state index contributed by atoms with van der Waals surface area (Å²) in [4.78, 5) is 39.9. The summed E-state index contributed by atoms with van der Waals surface area (Å²) in [7, 11) is 2.07. The second-order valence-corrected chi connectivity index (χ2v) is 11.5. The van der Waals surface area contributed by atoms with E-state index < -0.39 is 0 Å². The number of piperidine rings is 1. The molecule has 4 aliphatic rings. The van der Waals surface area contributed by atoms with Crippen LogP contribution in [0.15, 0.2) is 18.2 Å². The molecule has 0 radical (unpaired) electrons. The zero-order valence-corrected chi connectivity index (χ0v) is 21.7. The zero-order valence-electron chi connectivity index (χ0n) is 21.7. The number of ether oxygens (including phenoxy) is 2. The van der Waals surface area contributed by atoms with Crippen molar-refractivity contribution in [1.82, 2.24) is 9.80 Å². The molecule has 1 saturated heterocycles. The molecule has 1 aromatic carbocycles. The summed E-state index contributed by atoms with van der Waals surface area (Å²) in [6.45, 7) is 5.02. The molecule has 2 saturated carbocycles. The maximum absolute atomic E-state index is 12.9. The normalized spacial score (nSPS) is 30.0. The molecule has 1 amide bonds.